The predicted octanol–water partition coefficient (Wildman–Crippen LogP) is 6.07. The second-order valence-electron chi connectivity index (χ2n) is 8.89. The Kier molecular flexibility index (Phi) is 6.93. The van der Waals surface area contributed by atoms with Crippen molar-refractivity contribution in [3.05, 3.63) is 105 Å². The molecule has 0 spiro atoms. The van der Waals surface area contributed by atoms with E-state index in [1.54, 1.807) is 25.1 Å². The van der Waals surface area contributed by atoms with Crippen molar-refractivity contribution >= 4 is 66.7 Å². The van der Waals surface area contributed by atoms with Gasteiger partial charge in [0.2, 0.25) is 5.95 Å². The highest BCUT2D eigenvalue weighted by molar-refractivity contribution is 9.10. The molecular weight excluding hydrogens is 599 g/mol. The van der Waals surface area contributed by atoms with Crippen molar-refractivity contribution in [1.29, 1.82) is 0 Å². The number of anilines is 2. The molecule has 0 fully saturated rings. The fourth-order valence-corrected chi connectivity index (χ4v) is 6.47. The number of aromatic nitrogens is 2. The van der Waals surface area contributed by atoms with E-state index in [1.165, 1.54) is 15.7 Å². The standard InChI is InChI=1S/C26H21BrCl2N4O3S/c1-26(14-17-7-9-19(27)10-8-17)24(34)32(22-12-20(28)11-21(29)13-22)25-30-16-23(33(25)26)37(35,36)31-15-18-5-3-2-4-6-18/h2-13,16,31H,14-15H2,1H3/t26-/m1/s1. The van der Waals surface area contributed by atoms with E-state index < -0.39 is 15.6 Å². The first-order valence-corrected chi connectivity index (χ1v) is 14.3. The highest BCUT2D eigenvalue weighted by Gasteiger charge is 2.51. The van der Waals surface area contributed by atoms with Gasteiger partial charge in [0.25, 0.3) is 15.9 Å². The molecule has 0 saturated heterocycles. The topological polar surface area (TPSA) is 84.3 Å². The van der Waals surface area contributed by atoms with Gasteiger partial charge in [0.15, 0.2) is 5.03 Å². The van der Waals surface area contributed by atoms with Crippen LogP contribution in [-0.4, -0.2) is 23.9 Å². The van der Waals surface area contributed by atoms with Gasteiger partial charge in [-0.2, -0.15) is 0 Å². The summed E-state index contributed by atoms with van der Waals surface area (Å²) < 4.78 is 32.1. The Morgan fingerprint density at radius 2 is 1.62 bits per heavy atom. The molecule has 190 valence electrons. The van der Waals surface area contributed by atoms with Crippen molar-refractivity contribution in [1.82, 2.24) is 14.3 Å². The minimum atomic E-state index is -4.04. The molecule has 5 rings (SSSR count). The third-order valence-electron chi connectivity index (χ3n) is 6.22. The van der Waals surface area contributed by atoms with Crippen molar-refractivity contribution in [3.8, 4) is 0 Å². The Labute approximate surface area is 233 Å². The number of hydrogen-bond donors (Lipinski definition) is 1. The van der Waals surface area contributed by atoms with Crippen LogP contribution in [0.15, 0.2) is 88.5 Å². The van der Waals surface area contributed by atoms with E-state index in [-0.39, 0.29) is 29.8 Å². The Morgan fingerprint density at radius 3 is 2.27 bits per heavy atom. The molecule has 0 saturated carbocycles. The van der Waals surface area contributed by atoms with Gasteiger partial charge in [-0.15, -0.1) is 0 Å². The molecule has 1 aliphatic heterocycles. The van der Waals surface area contributed by atoms with Crippen LogP contribution in [0, 0.1) is 0 Å². The van der Waals surface area contributed by atoms with Crippen LogP contribution < -0.4 is 9.62 Å². The number of benzene rings is 3. The van der Waals surface area contributed by atoms with Gasteiger partial charge in [0.1, 0.15) is 5.54 Å². The molecule has 37 heavy (non-hydrogen) atoms. The second kappa shape index (κ2) is 9.89. The summed E-state index contributed by atoms with van der Waals surface area (Å²) in [6.45, 7) is 1.81. The van der Waals surface area contributed by atoms with Crippen molar-refractivity contribution in [2.75, 3.05) is 4.90 Å². The van der Waals surface area contributed by atoms with Crippen LogP contribution in [0.3, 0.4) is 0 Å². The lowest BCUT2D eigenvalue weighted by Gasteiger charge is -2.26. The molecule has 0 bridgehead atoms. The molecule has 11 heteroatoms. The summed E-state index contributed by atoms with van der Waals surface area (Å²) in [5.41, 5.74) is 0.752. The summed E-state index contributed by atoms with van der Waals surface area (Å²) in [4.78, 5) is 19.8. The van der Waals surface area contributed by atoms with Gasteiger partial charge in [-0.1, -0.05) is 81.6 Å². The fourth-order valence-electron chi connectivity index (χ4n) is 4.47. The molecule has 3 aromatic carbocycles. The minimum absolute atomic E-state index is 0.0919. The largest absolute Gasteiger partial charge is 0.284 e. The van der Waals surface area contributed by atoms with Gasteiger partial charge in [0, 0.05) is 27.5 Å². The molecule has 0 unspecified atom stereocenters. The number of carbonyl (C=O) groups is 1. The first-order valence-electron chi connectivity index (χ1n) is 11.3. The molecular formula is C26H21BrCl2N4O3S. The molecule has 1 amide bonds. The monoisotopic (exact) mass is 618 g/mol. The quantitative estimate of drug-likeness (QED) is 0.272. The van der Waals surface area contributed by atoms with Gasteiger partial charge in [-0.05, 0) is 48.4 Å². The summed E-state index contributed by atoms with van der Waals surface area (Å²) in [7, 11) is -4.04. The highest BCUT2D eigenvalue weighted by Crippen LogP contribution is 2.44. The number of rotatable bonds is 7. The second-order valence-corrected chi connectivity index (χ2v) is 12.4. The molecule has 4 aromatic rings. The van der Waals surface area contributed by atoms with Crippen LogP contribution >= 0.6 is 39.1 Å². The van der Waals surface area contributed by atoms with Gasteiger partial charge in [-0.3, -0.25) is 9.36 Å². The molecule has 0 radical (unpaired) electrons. The number of carbonyl (C=O) groups excluding carboxylic acids is 1. The van der Waals surface area contributed by atoms with Crippen LogP contribution in [-0.2, 0) is 33.3 Å². The average Bonchev–Trinajstić information content (AvgIpc) is 3.38. The number of halogens is 3. The maximum absolute atomic E-state index is 14.1. The number of nitrogens with zero attached hydrogens (tertiary/aromatic N) is 3. The zero-order valence-corrected chi connectivity index (χ0v) is 23.4. The zero-order chi connectivity index (χ0) is 26.4. The molecule has 2 heterocycles. The number of amides is 1. The van der Waals surface area contributed by atoms with Crippen LogP contribution in [0.1, 0.15) is 18.1 Å². The molecule has 0 aliphatic carbocycles. The maximum atomic E-state index is 14.1. The van der Waals surface area contributed by atoms with Crippen LogP contribution in [0.4, 0.5) is 11.6 Å². The lowest BCUT2D eigenvalue weighted by Crippen LogP contribution is -2.42. The molecule has 1 aromatic heterocycles. The van der Waals surface area contributed by atoms with Crippen LogP contribution in [0.5, 0.6) is 0 Å². The lowest BCUT2D eigenvalue weighted by atomic mass is 9.92. The van der Waals surface area contributed by atoms with Gasteiger partial charge in [-0.25, -0.2) is 23.0 Å². The van der Waals surface area contributed by atoms with Crippen molar-refractivity contribution in [3.63, 3.8) is 0 Å². The smallest absolute Gasteiger partial charge is 0.260 e. The van der Waals surface area contributed by atoms with Crippen molar-refractivity contribution < 1.29 is 13.2 Å². The highest BCUT2D eigenvalue weighted by atomic mass is 79.9. The van der Waals surface area contributed by atoms with E-state index in [4.69, 9.17) is 23.2 Å². The van der Waals surface area contributed by atoms with E-state index in [0.29, 0.717) is 15.7 Å². The van der Waals surface area contributed by atoms with Gasteiger partial charge < -0.3 is 0 Å². The number of nitrogens with one attached hydrogen (secondary N) is 1. The van der Waals surface area contributed by atoms with E-state index >= 15 is 0 Å². The molecule has 1 N–H and O–H groups in total. The van der Waals surface area contributed by atoms with Gasteiger partial charge >= 0.3 is 0 Å². The Bertz CT molecular complexity index is 1570. The molecule has 7 nitrogen and oxygen atoms in total. The average molecular weight is 620 g/mol. The zero-order valence-electron chi connectivity index (χ0n) is 19.5. The van der Waals surface area contributed by atoms with E-state index in [0.717, 1.165) is 15.6 Å². The van der Waals surface area contributed by atoms with Crippen LogP contribution in [0.25, 0.3) is 0 Å². The van der Waals surface area contributed by atoms with E-state index in [9.17, 15) is 13.2 Å². The van der Waals surface area contributed by atoms with E-state index in [1.807, 2.05) is 54.6 Å². The minimum Gasteiger partial charge on any atom is -0.284 e. The number of imidazole rings is 1. The van der Waals surface area contributed by atoms with Crippen LogP contribution in [0.2, 0.25) is 10.0 Å². The van der Waals surface area contributed by atoms with Gasteiger partial charge in [0.05, 0.1) is 11.9 Å². The van der Waals surface area contributed by atoms with Crippen molar-refractivity contribution in [2.45, 2.75) is 30.5 Å². The first-order chi connectivity index (χ1) is 17.6. The number of hydrogen-bond acceptors (Lipinski definition) is 4. The summed E-state index contributed by atoms with van der Waals surface area (Å²) in [6, 6.07) is 21.5. The summed E-state index contributed by atoms with van der Waals surface area (Å²) >= 11 is 15.9. The van der Waals surface area contributed by atoms with E-state index in [2.05, 4.69) is 25.6 Å². The Hall–Kier alpha value is -2.69. The maximum Gasteiger partial charge on any atom is 0.260 e. The summed E-state index contributed by atoms with van der Waals surface area (Å²) in [5.74, 6) is -0.181. The van der Waals surface area contributed by atoms with Crippen molar-refractivity contribution in [2.24, 2.45) is 0 Å². The SMILES string of the molecule is C[C@@]1(Cc2ccc(Br)cc2)C(=O)N(c2cc(Cl)cc(Cl)c2)c2ncc(S(=O)(=O)NCc3ccccc3)n21. The predicted molar refractivity (Wildman–Crippen MR) is 148 cm³/mol. The fraction of sp³-hybridized carbons (Fsp3) is 0.154. The summed E-state index contributed by atoms with van der Waals surface area (Å²) in [5, 5.41) is 0.571. The summed E-state index contributed by atoms with van der Waals surface area (Å²) in [6.07, 6.45) is 1.50. The number of fused-ring (bicyclic) bond motifs is 1. The molecule has 1 aliphatic rings. The third kappa shape index (κ3) is 4.94. The Morgan fingerprint density at radius 1 is 0.973 bits per heavy atom. The molecule has 1 atom stereocenters. The Balaban J connectivity index is 1.62. The first kappa shape index (κ1) is 25.9. The normalized spacial score (nSPS) is 17.3. The number of sulfonamides is 1. The lowest BCUT2D eigenvalue weighted by molar-refractivity contribution is -0.124. The third-order valence-corrected chi connectivity index (χ3v) is 8.55.